The van der Waals surface area contributed by atoms with Gasteiger partial charge in [0.2, 0.25) is 0 Å². The molecule has 0 spiro atoms. The standard InChI is InChI=1S/C15H15N3O2S/c1-3-12-17-11-6-4-5-10(15(19)20)14(11)18(12)7-13-16-9(2)8-21-13/h4-6,8H,3,7H2,1-2H3,(H,19,20). The molecule has 0 amide bonds. The van der Waals surface area contributed by atoms with Gasteiger partial charge in [0.05, 0.1) is 23.1 Å². The number of imidazole rings is 1. The summed E-state index contributed by atoms with van der Waals surface area (Å²) < 4.78 is 1.97. The zero-order valence-electron chi connectivity index (χ0n) is 11.8. The van der Waals surface area contributed by atoms with Gasteiger partial charge in [0, 0.05) is 17.5 Å². The summed E-state index contributed by atoms with van der Waals surface area (Å²) in [6.07, 6.45) is 0.748. The number of para-hydroxylation sites is 1. The molecule has 21 heavy (non-hydrogen) atoms. The molecule has 108 valence electrons. The van der Waals surface area contributed by atoms with Crippen molar-refractivity contribution in [3.63, 3.8) is 0 Å². The van der Waals surface area contributed by atoms with Crippen molar-refractivity contribution in [1.29, 1.82) is 0 Å². The van der Waals surface area contributed by atoms with Crippen LogP contribution in [0.5, 0.6) is 0 Å². The molecule has 0 unspecified atom stereocenters. The molecule has 2 heterocycles. The van der Waals surface area contributed by atoms with Gasteiger partial charge in [0.15, 0.2) is 0 Å². The SMILES string of the molecule is CCc1nc2cccc(C(=O)O)c2n1Cc1nc(C)cs1. The van der Waals surface area contributed by atoms with E-state index in [-0.39, 0.29) is 5.56 Å². The number of carboxylic acids is 1. The molecule has 0 saturated carbocycles. The van der Waals surface area contributed by atoms with Gasteiger partial charge in [-0.15, -0.1) is 11.3 Å². The predicted molar refractivity (Wildman–Crippen MR) is 82.0 cm³/mol. The lowest BCUT2D eigenvalue weighted by atomic mass is 10.2. The lowest BCUT2D eigenvalue weighted by Gasteiger charge is -2.07. The van der Waals surface area contributed by atoms with Gasteiger partial charge in [-0.05, 0) is 19.1 Å². The third-order valence-electron chi connectivity index (χ3n) is 3.35. The van der Waals surface area contributed by atoms with Crippen molar-refractivity contribution >= 4 is 28.3 Å². The number of hydrogen-bond donors (Lipinski definition) is 1. The van der Waals surface area contributed by atoms with E-state index in [2.05, 4.69) is 9.97 Å². The Balaban J connectivity index is 2.20. The van der Waals surface area contributed by atoms with Gasteiger partial charge >= 0.3 is 5.97 Å². The number of rotatable bonds is 4. The van der Waals surface area contributed by atoms with Crippen molar-refractivity contribution in [2.45, 2.75) is 26.8 Å². The number of aromatic carboxylic acids is 1. The lowest BCUT2D eigenvalue weighted by Crippen LogP contribution is -2.07. The fraction of sp³-hybridized carbons (Fsp3) is 0.267. The largest absolute Gasteiger partial charge is 0.478 e. The molecule has 6 heteroatoms. The summed E-state index contributed by atoms with van der Waals surface area (Å²) in [6.45, 7) is 4.53. The van der Waals surface area contributed by atoms with Crippen LogP contribution in [0.2, 0.25) is 0 Å². The minimum Gasteiger partial charge on any atom is -0.478 e. The first-order valence-electron chi connectivity index (χ1n) is 6.72. The van der Waals surface area contributed by atoms with Crippen LogP contribution in [0.1, 0.15) is 33.8 Å². The number of nitrogens with zero attached hydrogens (tertiary/aromatic N) is 3. The number of aromatic nitrogens is 3. The third kappa shape index (κ3) is 2.42. The van der Waals surface area contributed by atoms with Gasteiger partial charge in [-0.25, -0.2) is 14.8 Å². The maximum absolute atomic E-state index is 11.5. The summed E-state index contributed by atoms with van der Waals surface area (Å²) in [5.74, 6) is -0.0497. The summed E-state index contributed by atoms with van der Waals surface area (Å²) in [4.78, 5) is 20.5. The van der Waals surface area contributed by atoms with E-state index in [0.717, 1.165) is 28.5 Å². The van der Waals surface area contributed by atoms with E-state index < -0.39 is 5.97 Å². The number of fused-ring (bicyclic) bond motifs is 1. The molecule has 5 nitrogen and oxygen atoms in total. The monoisotopic (exact) mass is 301 g/mol. The van der Waals surface area contributed by atoms with E-state index in [1.165, 1.54) is 0 Å². The van der Waals surface area contributed by atoms with Crippen molar-refractivity contribution in [3.05, 3.63) is 45.7 Å². The van der Waals surface area contributed by atoms with Gasteiger partial charge in [-0.2, -0.15) is 0 Å². The van der Waals surface area contributed by atoms with Gasteiger partial charge in [0.1, 0.15) is 10.8 Å². The van der Waals surface area contributed by atoms with Gasteiger partial charge in [-0.1, -0.05) is 13.0 Å². The van der Waals surface area contributed by atoms with E-state index in [1.54, 1.807) is 23.5 Å². The van der Waals surface area contributed by atoms with Crippen LogP contribution in [0.15, 0.2) is 23.6 Å². The molecule has 3 aromatic rings. The molecule has 3 rings (SSSR count). The summed E-state index contributed by atoms with van der Waals surface area (Å²) in [5, 5.41) is 12.4. The Bertz CT molecular complexity index is 820. The van der Waals surface area contributed by atoms with E-state index in [0.29, 0.717) is 12.1 Å². The number of benzene rings is 1. The zero-order chi connectivity index (χ0) is 15.0. The van der Waals surface area contributed by atoms with Gasteiger partial charge < -0.3 is 9.67 Å². The molecular weight excluding hydrogens is 286 g/mol. The zero-order valence-corrected chi connectivity index (χ0v) is 12.6. The predicted octanol–water partition coefficient (Wildman–Crippen LogP) is 3.11. The molecule has 0 aliphatic rings. The highest BCUT2D eigenvalue weighted by Crippen LogP contribution is 2.23. The Kier molecular flexibility index (Phi) is 3.47. The highest BCUT2D eigenvalue weighted by Gasteiger charge is 2.17. The van der Waals surface area contributed by atoms with Crippen LogP contribution in [0.4, 0.5) is 0 Å². The van der Waals surface area contributed by atoms with Crippen LogP contribution in [0, 0.1) is 6.92 Å². The fourth-order valence-corrected chi connectivity index (χ4v) is 3.22. The first-order chi connectivity index (χ1) is 10.1. The lowest BCUT2D eigenvalue weighted by molar-refractivity contribution is 0.0698. The fourth-order valence-electron chi connectivity index (χ4n) is 2.46. The Morgan fingerprint density at radius 3 is 2.81 bits per heavy atom. The quantitative estimate of drug-likeness (QED) is 0.804. The molecule has 0 fully saturated rings. The highest BCUT2D eigenvalue weighted by molar-refractivity contribution is 7.09. The molecule has 1 N–H and O–H groups in total. The molecule has 2 aromatic heterocycles. The second-order valence-electron chi connectivity index (χ2n) is 4.83. The first-order valence-corrected chi connectivity index (χ1v) is 7.60. The van der Waals surface area contributed by atoms with Crippen molar-refractivity contribution in [2.24, 2.45) is 0 Å². The number of hydrogen-bond acceptors (Lipinski definition) is 4. The van der Waals surface area contributed by atoms with Gasteiger partial charge in [0.25, 0.3) is 0 Å². The Hall–Kier alpha value is -2.21. The summed E-state index contributed by atoms with van der Waals surface area (Å²) in [5.41, 5.74) is 2.67. The van der Waals surface area contributed by atoms with Crippen LogP contribution in [0.3, 0.4) is 0 Å². The average molecular weight is 301 g/mol. The second-order valence-corrected chi connectivity index (χ2v) is 5.77. The normalized spacial score (nSPS) is 11.1. The minimum absolute atomic E-state index is 0.285. The summed E-state index contributed by atoms with van der Waals surface area (Å²) in [7, 11) is 0. The molecule has 0 radical (unpaired) electrons. The van der Waals surface area contributed by atoms with Crippen LogP contribution >= 0.6 is 11.3 Å². The van der Waals surface area contributed by atoms with Crippen LogP contribution in [-0.2, 0) is 13.0 Å². The molecule has 0 aliphatic carbocycles. The van der Waals surface area contributed by atoms with E-state index >= 15 is 0 Å². The molecule has 0 aliphatic heterocycles. The van der Waals surface area contributed by atoms with E-state index in [4.69, 9.17) is 0 Å². The van der Waals surface area contributed by atoms with E-state index in [1.807, 2.05) is 29.9 Å². The van der Waals surface area contributed by atoms with E-state index in [9.17, 15) is 9.90 Å². The minimum atomic E-state index is -0.931. The van der Waals surface area contributed by atoms with Crippen molar-refractivity contribution in [3.8, 4) is 0 Å². The van der Waals surface area contributed by atoms with Crippen molar-refractivity contribution in [1.82, 2.24) is 14.5 Å². The summed E-state index contributed by atoms with van der Waals surface area (Å²) in [6, 6.07) is 5.20. The smallest absolute Gasteiger partial charge is 0.337 e. The van der Waals surface area contributed by atoms with Gasteiger partial charge in [-0.3, -0.25) is 0 Å². The Morgan fingerprint density at radius 2 is 2.19 bits per heavy atom. The highest BCUT2D eigenvalue weighted by atomic mass is 32.1. The third-order valence-corrected chi connectivity index (χ3v) is 4.30. The molecule has 0 atom stereocenters. The summed E-state index contributed by atoms with van der Waals surface area (Å²) >= 11 is 1.58. The number of thiazole rings is 1. The molecule has 0 bridgehead atoms. The molecule has 1 aromatic carbocycles. The maximum Gasteiger partial charge on any atom is 0.337 e. The van der Waals surface area contributed by atoms with Crippen LogP contribution < -0.4 is 0 Å². The molecular formula is C15H15N3O2S. The Morgan fingerprint density at radius 1 is 1.38 bits per heavy atom. The second kappa shape index (κ2) is 5.29. The van der Waals surface area contributed by atoms with Crippen LogP contribution in [0.25, 0.3) is 11.0 Å². The Labute approximate surface area is 125 Å². The number of aryl methyl sites for hydroxylation is 2. The van der Waals surface area contributed by atoms with Crippen LogP contribution in [-0.4, -0.2) is 25.6 Å². The average Bonchev–Trinajstić information content (AvgIpc) is 3.03. The first kappa shape index (κ1) is 13.8. The maximum atomic E-state index is 11.5. The van der Waals surface area contributed by atoms with Crippen molar-refractivity contribution in [2.75, 3.05) is 0 Å². The number of carbonyl (C=O) groups is 1. The molecule has 0 saturated heterocycles. The number of carboxylic acid groups (broad SMARTS) is 1. The van der Waals surface area contributed by atoms with Crippen molar-refractivity contribution < 1.29 is 9.90 Å². The topological polar surface area (TPSA) is 68.0 Å².